The number of rotatable bonds is 7. The Balaban J connectivity index is 1.16. The van der Waals surface area contributed by atoms with Crippen LogP contribution in [0.15, 0.2) is 23.1 Å². The molecule has 4 heterocycles. The van der Waals surface area contributed by atoms with Gasteiger partial charge in [0.25, 0.3) is 5.56 Å². The lowest BCUT2D eigenvalue weighted by Gasteiger charge is -2.17. The summed E-state index contributed by atoms with van der Waals surface area (Å²) < 4.78 is 32.1. The molecule has 1 aromatic carbocycles. The molecule has 1 saturated heterocycles. The molecule has 2 aliphatic rings. The molecule has 188 valence electrons. The molecular formula is C23H23FN6O6. The third-order valence-corrected chi connectivity index (χ3v) is 5.88. The first-order valence-electron chi connectivity index (χ1n) is 11.3. The van der Waals surface area contributed by atoms with E-state index in [2.05, 4.69) is 20.3 Å². The van der Waals surface area contributed by atoms with Crippen LogP contribution in [0.2, 0.25) is 0 Å². The van der Waals surface area contributed by atoms with Crippen LogP contribution in [0.5, 0.6) is 11.6 Å². The smallest absolute Gasteiger partial charge is 0.416 e. The van der Waals surface area contributed by atoms with Crippen LogP contribution in [-0.4, -0.2) is 70.3 Å². The minimum atomic E-state index is -0.596. The van der Waals surface area contributed by atoms with Crippen molar-refractivity contribution in [3.05, 3.63) is 45.9 Å². The quantitative estimate of drug-likeness (QED) is 0.463. The normalized spacial score (nSPS) is 17.2. The molecular weight excluding hydrogens is 475 g/mol. The first-order valence-corrected chi connectivity index (χ1v) is 11.3. The number of Topliss-reactive ketones (excluding diaryl/α,β-unsaturated/α-hetero) is 1. The number of ketones is 1. The average Bonchev–Trinajstić information content (AvgIpc) is 3.23. The fourth-order valence-electron chi connectivity index (χ4n) is 4.12. The predicted molar refractivity (Wildman–Crippen MR) is 124 cm³/mol. The van der Waals surface area contributed by atoms with Gasteiger partial charge < -0.3 is 24.1 Å². The molecule has 0 aliphatic carbocycles. The van der Waals surface area contributed by atoms with E-state index in [-0.39, 0.29) is 60.5 Å². The summed E-state index contributed by atoms with van der Waals surface area (Å²) in [5.41, 5.74) is 1.11. The fraction of sp³-hybridized carbons (Fsp3) is 0.391. The van der Waals surface area contributed by atoms with Crippen LogP contribution < -0.4 is 25.2 Å². The molecule has 0 bridgehead atoms. The molecule has 1 amide bonds. The highest BCUT2D eigenvalue weighted by atomic mass is 19.1. The van der Waals surface area contributed by atoms with Gasteiger partial charge in [0.2, 0.25) is 5.88 Å². The number of fused-ring (bicyclic) bond motifs is 2. The number of carbonyl (C=O) groups excluding carboxylic acids is 2. The molecule has 2 aliphatic heterocycles. The van der Waals surface area contributed by atoms with Gasteiger partial charge in [0.05, 0.1) is 24.7 Å². The Morgan fingerprint density at radius 2 is 2.08 bits per heavy atom. The van der Waals surface area contributed by atoms with Crippen molar-refractivity contribution in [1.29, 1.82) is 0 Å². The number of anilines is 1. The lowest BCUT2D eigenvalue weighted by atomic mass is 10.2. The van der Waals surface area contributed by atoms with Gasteiger partial charge in [0.1, 0.15) is 36.2 Å². The van der Waals surface area contributed by atoms with Gasteiger partial charge in [-0.25, -0.2) is 24.1 Å². The Morgan fingerprint density at radius 1 is 1.25 bits per heavy atom. The minimum absolute atomic E-state index is 0.0357. The van der Waals surface area contributed by atoms with Crippen molar-refractivity contribution in [2.75, 3.05) is 37.7 Å². The number of amides is 1. The van der Waals surface area contributed by atoms with Crippen LogP contribution in [0.4, 0.5) is 15.0 Å². The summed E-state index contributed by atoms with van der Waals surface area (Å²) in [6, 6.07) is 2.75. The summed E-state index contributed by atoms with van der Waals surface area (Å²) in [5, 5.41) is 3.11. The van der Waals surface area contributed by atoms with E-state index < -0.39 is 18.0 Å². The summed E-state index contributed by atoms with van der Waals surface area (Å²) in [6.45, 7) is 2.55. The fourth-order valence-corrected chi connectivity index (χ4v) is 4.12. The number of cyclic esters (lactones) is 1. The molecule has 1 fully saturated rings. The number of carbonyl (C=O) groups is 2. The van der Waals surface area contributed by atoms with Gasteiger partial charge in [0, 0.05) is 20.1 Å². The molecule has 3 aromatic rings. The molecule has 1 N–H and O–H groups in total. The van der Waals surface area contributed by atoms with Gasteiger partial charge in [-0.05, 0) is 19.1 Å². The zero-order valence-electron chi connectivity index (χ0n) is 19.6. The number of benzene rings is 1. The maximum absolute atomic E-state index is 14.5. The number of ether oxygens (including phenoxy) is 3. The van der Waals surface area contributed by atoms with Gasteiger partial charge >= 0.3 is 6.09 Å². The van der Waals surface area contributed by atoms with Crippen molar-refractivity contribution in [3.8, 4) is 11.6 Å². The zero-order valence-corrected chi connectivity index (χ0v) is 19.6. The number of halogens is 1. The van der Waals surface area contributed by atoms with Crippen LogP contribution in [-0.2, 0) is 23.0 Å². The van der Waals surface area contributed by atoms with Crippen LogP contribution in [0.3, 0.4) is 0 Å². The maximum Gasteiger partial charge on any atom is 0.416 e. The molecule has 0 saturated carbocycles. The summed E-state index contributed by atoms with van der Waals surface area (Å²) in [4.78, 5) is 50.2. The topological polar surface area (TPSA) is 138 Å². The van der Waals surface area contributed by atoms with Crippen molar-refractivity contribution in [2.24, 2.45) is 7.05 Å². The van der Waals surface area contributed by atoms with Crippen LogP contribution in [0.1, 0.15) is 11.4 Å². The maximum atomic E-state index is 14.5. The monoisotopic (exact) mass is 498 g/mol. The number of aromatic nitrogens is 4. The van der Waals surface area contributed by atoms with Crippen molar-refractivity contribution in [3.63, 3.8) is 0 Å². The zero-order chi connectivity index (χ0) is 25.4. The molecule has 0 unspecified atom stereocenters. The van der Waals surface area contributed by atoms with Gasteiger partial charge in [-0.15, -0.1) is 0 Å². The van der Waals surface area contributed by atoms with Crippen molar-refractivity contribution in [1.82, 2.24) is 24.8 Å². The molecule has 5 rings (SSSR count). The highest BCUT2D eigenvalue weighted by Gasteiger charge is 2.34. The SMILES string of the molecule is Cc1nc2ccc(F)c(OCCNC[C@H]3CN(c4cnc5c(n4)CC(=O)CO5)C(=O)O3)c2n(C)c1=O. The number of nitrogens with one attached hydrogen (secondary N) is 1. The predicted octanol–water partition coefficient (Wildman–Crippen LogP) is 0.669. The lowest BCUT2D eigenvalue weighted by Crippen LogP contribution is -2.33. The molecule has 0 radical (unpaired) electrons. The van der Waals surface area contributed by atoms with E-state index >= 15 is 0 Å². The van der Waals surface area contributed by atoms with Crippen molar-refractivity contribution < 1.29 is 28.2 Å². The third kappa shape index (κ3) is 4.44. The summed E-state index contributed by atoms with van der Waals surface area (Å²) in [7, 11) is 1.54. The van der Waals surface area contributed by atoms with Gasteiger partial charge in [-0.1, -0.05) is 0 Å². The van der Waals surface area contributed by atoms with Crippen LogP contribution >= 0.6 is 0 Å². The molecule has 12 nitrogen and oxygen atoms in total. The lowest BCUT2D eigenvalue weighted by molar-refractivity contribution is -0.121. The highest BCUT2D eigenvalue weighted by molar-refractivity contribution is 5.89. The Bertz CT molecular complexity index is 1430. The van der Waals surface area contributed by atoms with E-state index in [1.165, 1.54) is 27.8 Å². The third-order valence-electron chi connectivity index (χ3n) is 5.88. The van der Waals surface area contributed by atoms with Gasteiger partial charge in [0.15, 0.2) is 23.2 Å². The largest absolute Gasteiger partial charge is 0.487 e. The minimum Gasteiger partial charge on any atom is -0.487 e. The molecule has 1 atom stereocenters. The highest BCUT2D eigenvalue weighted by Crippen LogP contribution is 2.27. The number of hydrogen-bond donors (Lipinski definition) is 1. The Morgan fingerprint density at radius 3 is 2.92 bits per heavy atom. The summed E-state index contributed by atoms with van der Waals surface area (Å²) >= 11 is 0. The number of hydrogen-bond acceptors (Lipinski definition) is 10. The average molecular weight is 498 g/mol. The van der Waals surface area contributed by atoms with E-state index in [4.69, 9.17) is 14.2 Å². The standard InChI is InChI=1S/C23H23FN6O6/c1-12-22(32)29(2)19-16(27-12)4-3-15(24)20(19)34-6-5-25-8-14-10-30(23(33)36-14)18-9-26-21-17(28-18)7-13(31)11-35-21/h3-4,9,14,25H,5-8,10-11H2,1-2H3/t14-/m0/s1. The van der Waals surface area contributed by atoms with Crippen LogP contribution in [0.25, 0.3) is 11.0 Å². The Labute approximate surface area is 204 Å². The first-order chi connectivity index (χ1) is 17.3. The second-order valence-corrected chi connectivity index (χ2v) is 8.46. The van der Waals surface area contributed by atoms with E-state index in [1.807, 2.05) is 0 Å². The van der Waals surface area contributed by atoms with Gasteiger partial charge in [-0.2, -0.15) is 0 Å². The van der Waals surface area contributed by atoms with Crippen molar-refractivity contribution >= 4 is 28.7 Å². The van der Waals surface area contributed by atoms with Crippen LogP contribution in [0, 0.1) is 12.7 Å². The number of nitrogens with zero attached hydrogens (tertiary/aromatic N) is 5. The van der Waals surface area contributed by atoms with Crippen molar-refractivity contribution in [2.45, 2.75) is 19.4 Å². The molecule has 36 heavy (non-hydrogen) atoms. The van der Waals surface area contributed by atoms with Gasteiger partial charge in [-0.3, -0.25) is 14.5 Å². The Kier molecular flexibility index (Phi) is 6.22. The molecule has 0 spiro atoms. The Hall–Kier alpha value is -4.13. The number of aryl methyl sites for hydroxylation is 2. The second-order valence-electron chi connectivity index (χ2n) is 8.46. The second kappa shape index (κ2) is 9.49. The van der Waals surface area contributed by atoms with E-state index in [0.717, 1.165) is 0 Å². The summed E-state index contributed by atoms with van der Waals surface area (Å²) in [5.74, 6) is -0.184. The van der Waals surface area contributed by atoms with E-state index in [0.29, 0.717) is 30.0 Å². The first kappa shape index (κ1) is 23.6. The van der Waals surface area contributed by atoms with E-state index in [9.17, 15) is 18.8 Å². The van der Waals surface area contributed by atoms with E-state index in [1.54, 1.807) is 14.0 Å². The summed E-state index contributed by atoms with van der Waals surface area (Å²) in [6.07, 6.45) is 0.472. The molecule has 13 heteroatoms. The molecule has 2 aromatic heterocycles.